The number of carbonyl (C=O) groups is 3. The van der Waals surface area contributed by atoms with Gasteiger partial charge in [-0.3, -0.25) is 9.69 Å². The second-order valence-corrected chi connectivity index (χ2v) is 8.33. The Kier molecular flexibility index (Phi) is 6.46. The number of likely N-dealkylation sites (tertiary alicyclic amines) is 1. The number of anilines is 1. The normalized spacial score (nSPS) is 15.4. The van der Waals surface area contributed by atoms with E-state index in [0.29, 0.717) is 30.1 Å². The Hall–Kier alpha value is -3.72. The maximum absolute atomic E-state index is 12.8. The van der Waals surface area contributed by atoms with Crippen molar-refractivity contribution in [2.75, 3.05) is 11.9 Å². The van der Waals surface area contributed by atoms with E-state index >= 15 is 0 Å². The molecule has 1 saturated heterocycles. The van der Waals surface area contributed by atoms with Gasteiger partial charge in [-0.05, 0) is 36.1 Å². The van der Waals surface area contributed by atoms with E-state index in [1.807, 2.05) is 30.3 Å². The number of aromatic nitrogens is 1. The second kappa shape index (κ2) is 9.61. The molecule has 2 aromatic carbocycles. The molecule has 8 nitrogen and oxygen atoms in total. The van der Waals surface area contributed by atoms with Crippen molar-refractivity contribution in [1.82, 2.24) is 9.88 Å². The summed E-state index contributed by atoms with van der Waals surface area (Å²) in [6.45, 7) is 0.604. The van der Waals surface area contributed by atoms with Crippen LogP contribution in [0.2, 0.25) is 0 Å². The summed E-state index contributed by atoms with van der Waals surface area (Å²) in [4.78, 5) is 42.9. The predicted molar refractivity (Wildman–Crippen MR) is 119 cm³/mol. The lowest BCUT2D eigenvalue weighted by Gasteiger charge is -2.22. The van der Waals surface area contributed by atoms with E-state index in [0.717, 1.165) is 10.4 Å². The maximum atomic E-state index is 12.8. The number of nitrogens with zero attached hydrogens (tertiary/aromatic N) is 2. The molecular weight excluding hydrogens is 430 g/mol. The summed E-state index contributed by atoms with van der Waals surface area (Å²) in [6, 6.07) is 15.3. The third-order valence-electron chi connectivity index (χ3n) is 5.12. The van der Waals surface area contributed by atoms with E-state index in [2.05, 4.69) is 10.3 Å². The fourth-order valence-electron chi connectivity index (χ4n) is 3.52. The average Bonchev–Trinajstić information content (AvgIpc) is 3.48. The molecule has 2 amide bonds. The SMILES string of the molecule is O=C(O)c1cccc(-c2cnc(NC(=O)[C@@H]3CCCN3C(=O)OCc3ccccc3)s2)c1. The highest BCUT2D eigenvalue weighted by Gasteiger charge is 2.35. The molecule has 1 fully saturated rings. The van der Waals surface area contributed by atoms with Crippen LogP contribution in [-0.4, -0.2) is 45.5 Å². The molecule has 9 heteroatoms. The molecular formula is C23H21N3O5S. The van der Waals surface area contributed by atoms with Crippen molar-refractivity contribution >= 4 is 34.4 Å². The standard InChI is InChI=1S/C23H21N3O5S/c27-20(18-10-5-11-26(18)23(30)31-14-15-6-2-1-3-7-15)25-22-24-13-19(32-22)16-8-4-9-17(12-16)21(28)29/h1-4,6-9,12-13,18H,5,10-11,14H2,(H,28,29)(H,24,25,27)/t18-/m0/s1. The van der Waals surface area contributed by atoms with Gasteiger partial charge >= 0.3 is 12.1 Å². The Morgan fingerprint density at radius 3 is 2.75 bits per heavy atom. The molecule has 3 aromatic rings. The molecule has 1 aromatic heterocycles. The van der Waals surface area contributed by atoms with Gasteiger partial charge in [0.05, 0.1) is 10.4 Å². The van der Waals surface area contributed by atoms with Crippen LogP contribution in [0.1, 0.15) is 28.8 Å². The van der Waals surface area contributed by atoms with Gasteiger partial charge in [0.1, 0.15) is 12.6 Å². The van der Waals surface area contributed by atoms with Crippen molar-refractivity contribution in [3.8, 4) is 10.4 Å². The third kappa shape index (κ3) is 4.94. The zero-order valence-electron chi connectivity index (χ0n) is 17.1. The van der Waals surface area contributed by atoms with Gasteiger partial charge in [-0.15, -0.1) is 0 Å². The molecule has 2 N–H and O–H groups in total. The molecule has 2 heterocycles. The first-order chi connectivity index (χ1) is 15.5. The summed E-state index contributed by atoms with van der Waals surface area (Å²) in [5.74, 6) is -1.33. The van der Waals surface area contributed by atoms with Gasteiger partial charge in [-0.1, -0.05) is 53.8 Å². The number of thiazole rings is 1. The van der Waals surface area contributed by atoms with Crippen molar-refractivity contribution in [3.05, 3.63) is 71.9 Å². The molecule has 0 bridgehead atoms. The van der Waals surface area contributed by atoms with Gasteiger partial charge in [0.2, 0.25) is 5.91 Å². The van der Waals surface area contributed by atoms with Gasteiger partial charge < -0.3 is 15.2 Å². The number of carboxylic acids is 1. The first kappa shape index (κ1) is 21.5. The summed E-state index contributed by atoms with van der Waals surface area (Å²) in [7, 11) is 0. The van der Waals surface area contributed by atoms with Crippen LogP contribution in [-0.2, 0) is 16.1 Å². The van der Waals surface area contributed by atoms with Crippen molar-refractivity contribution in [1.29, 1.82) is 0 Å². The molecule has 0 saturated carbocycles. The van der Waals surface area contributed by atoms with E-state index in [1.54, 1.807) is 24.4 Å². The number of hydrogen-bond donors (Lipinski definition) is 2. The molecule has 1 aliphatic rings. The fraction of sp³-hybridized carbons (Fsp3) is 0.217. The highest BCUT2D eigenvalue weighted by atomic mass is 32.1. The molecule has 32 heavy (non-hydrogen) atoms. The number of aromatic carboxylic acids is 1. The molecule has 1 atom stereocenters. The number of benzene rings is 2. The Balaban J connectivity index is 1.38. The molecule has 164 valence electrons. The van der Waals surface area contributed by atoms with Crippen molar-refractivity contribution in [2.45, 2.75) is 25.5 Å². The Morgan fingerprint density at radius 1 is 1.16 bits per heavy atom. The Morgan fingerprint density at radius 2 is 1.97 bits per heavy atom. The van der Waals surface area contributed by atoms with Crippen molar-refractivity contribution in [2.24, 2.45) is 0 Å². The highest BCUT2D eigenvalue weighted by molar-refractivity contribution is 7.19. The van der Waals surface area contributed by atoms with E-state index in [1.165, 1.54) is 22.3 Å². The summed E-state index contributed by atoms with van der Waals surface area (Å²) in [5.41, 5.74) is 1.76. The monoisotopic (exact) mass is 451 g/mol. The Labute approximate surface area is 188 Å². The van der Waals surface area contributed by atoms with Gasteiger partial charge in [0.15, 0.2) is 5.13 Å². The summed E-state index contributed by atoms with van der Waals surface area (Å²) >= 11 is 1.24. The lowest BCUT2D eigenvalue weighted by molar-refractivity contribution is -0.120. The van der Waals surface area contributed by atoms with Crippen molar-refractivity contribution in [3.63, 3.8) is 0 Å². The van der Waals surface area contributed by atoms with E-state index in [-0.39, 0.29) is 18.1 Å². The predicted octanol–water partition coefficient (Wildman–Crippen LogP) is 4.25. The van der Waals surface area contributed by atoms with Crippen LogP contribution in [0.15, 0.2) is 60.8 Å². The number of nitrogens with one attached hydrogen (secondary N) is 1. The first-order valence-corrected chi connectivity index (χ1v) is 10.9. The largest absolute Gasteiger partial charge is 0.478 e. The minimum Gasteiger partial charge on any atom is -0.478 e. The van der Waals surface area contributed by atoms with Gasteiger partial charge in [-0.2, -0.15) is 0 Å². The Bertz CT molecular complexity index is 1130. The highest BCUT2D eigenvalue weighted by Crippen LogP contribution is 2.30. The van der Waals surface area contributed by atoms with Gasteiger partial charge in [-0.25, -0.2) is 14.6 Å². The molecule has 4 rings (SSSR count). The zero-order chi connectivity index (χ0) is 22.5. The fourth-order valence-corrected chi connectivity index (χ4v) is 4.34. The smallest absolute Gasteiger partial charge is 0.410 e. The number of carbonyl (C=O) groups excluding carboxylic acids is 2. The first-order valence-electron chi connectivity index (χ1n) is 10.1. The number of hydrogen-bond acceptors (Lipinski definition) is 6. The summed E-state index contributed by atoms with van der Waals surface area (Å²) in [6.07, 6.45) is 2.33. The third-order valence-corrected chi connectivity index (χ3v) is 6.09. The molecule has 1 aliphatic heterocycles. The van der Waals surface area contributed by atoms with Crippen LogP contribution in [0.3, 0.4) is 0 Å². The lowest BCUT2D eigenvalue weighted by atomic mass is 10.1. The van der Waals surface area contributed by atoms with Crippen LogP contribution in [0, 0.1) is 0 Å². The van der Waals surface area contributed by atoms with Crippen LogP contribution < -0.4 is 5.32 Å². The number of rotatable bonds is 6. The topological polar surface area (TPSA) is 109 Å². The quantitative estimate of drug-likeness (QED) is 0.580. The number of amides is 2. The molecule has 0 radical (unpaired) electrons. The van der Waals surface area contributed by atoms with Crippen LogP contribution in [0.5, 0.6) is 0 Å². The lowest BCUT2D eigenvalue weighted by Crippen LogP contribution is -2.43. The van der Waals surface area contributed by atoms with Gasteiger partial charge in [0, 0.05) is 12.7 Å². The van der Waals surface area contributed by atoms with Crippen molar-refractivity contribution < 1.29 is 24.2 Å². The molecule has 0 unspecified atom stereocenters. The van der Waals surface area contributed by atoms with E-state index in [9.17, 15) is 14.4 Å². The summed E-state index contributed by atoms with van der Waals surface area (Å²) in [5, 5.41) is 12.3. The molecule has 0 aliphatic carbocycles. The zero-order valence-corrected chi connectivity index (χ0v) is 17.9. The maximum Gasteiger partial charge on any atom is 0.410 e. The molecule has 0 spiro atoms. The van der Waals surface area contributed by atoms with E-state index < -0.39 is 18.1 Å². The summed E-state index contributed by atoms with van der Waals surface area (Å²) < 4.78 is 5.38. The minimum atomic E-state index is -1.01. The minimum absolute atomic E-state index is 0.149. The van der Waals surface area contributed by atoms with Crippen LogP contribution in [0.25, 0.3) is 10.4 Å². The average molecular weight is 452 g/mol. The second-order valence-electron chi connectivity index (χ2n) is 7.30. The van der Waals surface area contributed by atoms with Crippen LogP contribution >= 0.6 is 11.3 Å². The van der Waals surface area contributed by atoms with Crippen LogP contribution in [0.4, 0.5) is 9.93 Å². The number of ether oxygens (including phenoxy) is 1. The number of carboxylic acid groups (broad SMARTS) is 1. The van der Waals surface area contributed by atoms with Gasteiger partial charge in [0.25, 0.3) is 0 Å². The van der Waals surface area contributed by atoms with E-state index in [4.69, 9.17) is 9.84 Å².